The summed E-state index contributed by atoms with van der Waals surface area (Å²) in [5, 5.41) is 0. The fraction of sp³-hybridized carbons (Fsp3) is 0. The van der Waals surface area contributed by atoms with Gasteiger partial charge in [-0.25, -0.2) is 0 Å². The fourth-order valence-electron chi connectivity index (χ4n) is 1.52. The van der Waals surface area contributed by atoms with Crippen molar-refractivity contribution in [3.63, 3.8) is 0 Å². The molecule has 2 aromatic rings. The van der Waals surface area contributed by atoms with Crippen LogP contribution >= 0.6 is 11.8 Å². The molecule has 1 heterocycles. The first kappa shape index (κ1) is 12.4. The maximum absolute atomic E-state index is 4.36. The van der Waals surface area contributed by atoms with Crippen molar-refractivity contribution in [2.75, 3.05) is 0 Å². The predicted octanol–water partition coefficient (Wildman–Crippen LogP) is 3.51. The largest absolute Gasteiger partial charge is 2.00 e. The molecule has 0 aliphatic carbocycles. The third kappa shape index (κ3) is 2.44. The normalized spacial score (nSPS) is 12.0. The van der Waals surface area contributed by atoms with Crippen molar-refractivity contribution in [1.82, 2.24) is 0 Å². The molecule has 3 heteroatoms. The number of hydrogen-bond acceptors (Lipinski definition) is 2. The molecule has 0 fully saturated rings. The molecule has 0 N–H and O–H groups in total. The van der Waals surface area contributed by atoms with E-state index in [-0.39, 0.29) is 46.9 Å². The molecule has 0 atom stereocenters. The van der Waals surface area contributed by atoms with E-state index >= 15 is 0 Å². The quantitative estimate of drug-likeness (QED) is 0.457. The molecular formula is C13H9NSSr. The number of hydrogen-bond donors (Lipinski definition) is 0. The minimum absolute atomic E-state index is 0. The molecule has 74 valence electrons. The zero-order chi connectivity index (χ0) is 10.1. The first-order valence-corrected chi connectivity index (χ1v) is 5.58. The van der Waals surface area contributed by atoms with Crippen LogP contribution in [0.25, 0.3) is 0 Å². The second-order valence-corrected chi connectivity index (χ2v) is 4.37. The summed E-state index contributed by atoms with van der Waals surface area (Å²) < 4.78 is 0. The minimum atomic E-state index is 0. The van der Waals surface area contributed by atoms with Gasteiger partial charge in [-0.15, -0.1) is 29.5 Å². The Morgan fingerprint density at radius 3 is 2.50 bits per heavy atom. The molecule has 0 saturated carbocycles. The van der Waals surface area contributed by atoms with Crippen molar-refractivity contribution in [3.8, 4) is 0 Å². The second kappa shape index (κ2) is 5.52. The second-order valence-electron chi connectivity index (χ2n) is 3.29. The number of rotatable bonds is 0. The van der Waals surface area contributed by atoms with Gasteiger partial charge in [0.1, 0.15) is 0 Å². The molecule has 0 aromatic heterocycles. The number of benzene rings is 2. The van der Waals surface area contributed by atoms with Gasteiger partial charge in [-0.1, -0.05) is 41.3 Å². The summed E-state index contributed by atoms with van der Waals surface area (Å²) in [5.74, 6) is 0. The summed E-state index contributed by atoms with van der Waals surface area (Å²) in [6, 6.07) is 16.3. The van der Waals surface area contributed by atoms with Crippen LogP contribution in [0, 0.1) is 0 Å². The van der Waals surface area contributed by atoms with Crippen LogP contribution in [0.2, 0.25) is 0 Å². The van der Waals surface area contributed by atoms with Gasteiger partial charge < -0.3 is 6.42 Å². The van der Waals surface area contributed by atoms with Crippen LogP contribution < -0.4 is 0 Å². The van der Waals surface area contributed by atoms with Gasteiger partial charge >= 0.3 is 45.5 Å². The Bertz CT molecular complexity index is 495. The number of nitrogens with zero attached hydrogens (tertiary/aromatic N) is 1. The summed E-state index contributed by atoms with van der Waals surface area (Å²) in [5.41, 5.74) is 2.07. The van der Waals surface area contributed by atoms with Crippen molar-refractivity contribution in [2.45, 2.75) is 9.79 Å². The third-order valence-corrected chi connectivity index (χ3v) is 3.41. The van der Waals surface area contributed by atoms with Crippen LogP contribution in [0.3, 0.4) is 0 Å². The molecular weight excluding hydrogens is 290 g/mol. The zero-order valence-electron chi connectivity index (χ0n) is 9.68. The van der Waals surface area contributed by atoms with Crippen LogP contribution in [-0.2, 0) is 0 Å². The SMILES string of the molecule is [C-]1=Nc2ccccc2Sc2ccccc21.[H-].[Sr+2]. The van der Waals surface area contributed by atoms with Crippen LogP contribution in [0.4, 0.5) is 5.69 Å². The number of fused-ring (bicyclic) bond motifs is 2. The van der Waals surface area contributed by atoms with Crippen molar-refractivity contribution in [1.29, 1.82) is 0 Å². The van der Waals surface area contributed by atoms with Gasteiger partial charge in [0.25, 0.3) is 0 Å². The van der Waals surface area contributed by atoms with E-state index in [0.717, 1.165) is 11.3 Å². The summed E-state index contributed by atoms with van der Waals surface area (Å²) in [6.45, 7) is 0. The minimum Gasteiger partial charge on any atom is -1.00 e. The molecule has 0 amide bonds. The van der Waals surface area contributed by atoms with Crippen molar-refractivity contribution in [2.24, 2.45) is 4.99 Å². The smallest absolute Gasteiger partial charge is 1.00 e. The Balaban J connectivity index is 0.000000722. The fourth-order valence-corrected chi connectivity index (χ4v) is 2.49. The van der Waals surface area contributed by atoms with Gasteiger partial charge in [-0.3, -0.25) is 0 Å². The van der Waals surface area contributed by atoms with Crippen molar-refractivity contribution in [3.05, 3.63) is 54.1 Å². The van der Waals surface area contributed by atoms with Crippen LogP contribution in [0.15, 0.2) is 63.3 Å². The average molecular weight is 299 g/mol. The van der Waals surface area contributed by atoms with Gasteiger partial charge in [-0.05, 0) is 11.1 Å². The maximum atomic E-state index is 4.36. The number of aliphatic imine (C=N–C) groups is 1. The summed E-state index contributed by atoms with van der Waals surface area (Å²) >= 11 is 1.75. The van der Waals surface area contributed by atoms with Gasteiger partial charge in [-0.2, -0.15) is 0 Å². The van der Waals surface area contributed by atoms with Gasteiger partial charge in [0.15, 0.2) is 0 Å². The molecule has 0 saturated heterocycles. The van der Waals surface area contributed by atoms with E-state index in [1.165, 1.54) is 9.79 Å². The Labute approximate surface area is 138 Å². The molecule has 1 aliphatic rings. The zero-order valence-corrected chi connectivity index (χ0v) is 13.0. The Morgan fingerprint density at radius 1 is 0.938 bits per heavy atom. The van der Waals surface area contributed by atoms with E-state index in [1.54, 1.807) is 11.8 Å². The van der Waals surface area contributed by atoms with Crippen LogP contribution in [0.1, 0.15) is 6.99 Å². The molecule has 0 bridgehead atoms. The first-order chi connectivity index (χ1) is 7.43. The summed E-state index contributed by atoms with van der Waals surface area (Å²) in [6.07, 6.45) is 3.09. The van der Waals surface area contributed by atoms with E-state index in [0.29, 0.717) is 0 Å². The van der Waals surface area contributed by atoms with Crippen molar-refractivity contribution >= 4 is 69.1 Å². The molecule has 0 unspecified atom stereocenters. The van der Waals surface area contributed by atoms with Crippen LogP contribution in [-0.4, -0.2) is 51.7 Å². The van der Waals surface area contributed by atoms with Gasteiger partial charge in [0, 0.05) is 5.69 Å². The molecule has 16 heavy (non-hydrogen) atoms. The number of para-hydroxylation sites is 1. The molecule has 0 spiro atoms. The molecule has 0 radical (unpaired) electrons. The van der Waals surface area contributed by atoms with E-state index in [2.05, 4.69) is 23.3 Å². The Kier molecular flexibility index (Phi) is 4.28. The monoisotopic (exact) mass is 299 g/mol. The van der Waals surface area contributed by atoms with Crippen molar-refractivity contribution < 1.29 is 1.43 Å². The van der Waals surface area contributed by atoms with Gasteiger partial charge in [0.2, 0.25) is 0 Å². The third-order valence-electron chi connectivity index (χ3n) is 2.27. The molecule has 1 nitrogen and oxygen atoms in total. The molecule has 3 rings (SSSR count). The molecule has 1 aliphatic heterocycles. The summed E-state index contributed by atoms with van der Waals surface area (Å²) in [7, 11) is 0. The topological polar surface area (TPSA) is 12.4 Å². The van der Waals surface area contributed by atoms with E-state index < -0.39 is 0 Å². The van der Waals surface area contributed by atoms with E-state index in [9.17, 15) is 0 Å². The first-order valence-electron chi connectivity index (χ1n) is 4.76. The Morgan fingerprint density at radius 2 is 1.62 bits per heavy atom. The van der Waals surface area contributed by atoms with Gasteiger partial charge in [0.05, 0.1) is 0 Å². The van der Waals surface area contributed by atoms with E-state index in [1.807, 2.05) is 36.4 Å². The summed E-state index contributed by atoms with van der Waals surface area (Å²) in [4.78, 5) is 6.76. The average Bonchev–Trinajstić information content (AvgIpc) is 2.48. The predicted molar refractivity (Wildman–Crippen MR) is 70.1 cm³/mol. The van der Waals surface area contributed by atoms with Crippen LogP contribution in [0.5, 0.6) is 0 Å². The Hall–Kier alpha value is -0.0595. The standard InChI is InChI=1S/C13H8NS.Sr.H/c1-3-7-12-10(5-1)9-14-11-6-2-4-8-13(11)15-12;;/h1-8H;;/q-1;+2;-1. The maximum Gasteiger partial charge on any atom is 2.00 e. The molecule has 2 aromatic carbocycles. The van der Waals surface area contributed by atoms with E-state index in [4.69, 9.17) is 0 Å².